The van der Waals surface area contributed by atoms with E-state index in [9.17, 15) is 9.59 Å². The highest BCUT2D eigenvalue weighted by Crippen LogP contribution is 2.25. The lowest BCUT2D eigenvalue weighted by Gasteiger charge is -2.38. The van der Waals surface area contributed by atoms with Crippen LogP contribution in [-0.4, -0.2) is 55.0 Å². The minimum atomic E-state index is -0.533. The number of carbonyl (C=O) groups excluding carboxylic acids is 2. The standard InChI is InChI=1S/C21H20ClN3O3/c1-28-21(27)19(16-6-8-18(22)9-7-16)24-10-12-25(13-11-24)20(26)17-4-2-15(14-23)3-5-17/h2-9,19H,10-13H2,1H3. The first-order chi connectivity index (χ1) is 13.5. The number of halogens is 1. The van der Waals surface area contributed by atoms with Gasteiger partial charge in [-0.2, -0.15) is 5.26 Å². The smallest absolute Gasteiger partial charge is 0.327 e. The normalized spacial score (nSPS) is 15.5. The molecule has 28 heavy (non-hydrogen) atoms. The summed E-state index contributed by atoms with van der Waals surface area (Å²) in [6.07, 6.45) is 0. The van der Waals surface area contributed by atoms with E-state index in [-0.39, 0.29) is 11.9 Å². The lowest BCUT2D eigenvalue weighted by atomic mass is 10.0. The van der Waals surface area contributed by atoms with Crippen molar-refractivity contribution in [3.8, 4) is 6.07 Å². The first-order valence-corrected chi connectivity index (χ1v) is 9.28. The van der Waals surface area contributed by atoms with Crippen molar-refractivity contribution in [1.29, 1.82) is 5.26 Å². The van der Waals surface area contributed by atoms with Gasteiger partial charge in [0.05, 0.1) is 18.7 Å². The van der Waals surface area contributed by atoms with Gasteiger partial charge >= 0.3 is 5.97 Å². The molecule has 1 aliphatic rings. The van der Waals surface area contributed by atoms with Crippen molar-refractivity contribution in [2.45, 2.75) is 6.04 Å². The first kappa shape index (κ1) is 19.9. The van der Waals surface area contributed by atoms with E-state index in [0.717, 1.165) is 5.56 Å². The molecule has 1 fully saturated rings. The molecule has 7 heteroatoms. The number of ether oxygens (including phenoxy) is 1. The average molecular weight is 398 g/mol. The number of carbonyl (C=O) groups is 2. The maximum absolute atomic E-state index is 12.7. The van der Waals surface area contributed by atoms with Crippen molar-refractivity contribution in [3.63, 3.8) is 0 Å². The molecule has 3 rings (SSSR count). The van der Waals surface area contributed by atoms with E-state index in [1.165, 1.54) is 7.11 Å². The zero-order valence-corrected chi connectivity index (χ0v) is 16.2. The Morgan fingerprint density at radius 3 is 2.18 bits per heavy atom. The third-order valence-electron chi connectivity index (χ3n) is 4.84. The number of benzene rings is 2. The fourth-order valence-corrected chi connectivity index (χ4v) is 3.43. The molecular weight excluding hydrogens is 378 g/mol. The second-order valence-corrected chi connectivity index (χ2v) is 6.93. The van der Waals surface area contributed by atoms with Gasteiger partial charge < -0.3 is 9.64 Å². The summed E-state index contributed by atoms with van der Waals surface area (Å²) in [5, 5.41) is 9.48. The monoisotopic (exact) mass is 397 g/mol. The van der Waals surface area contributed by atoms with Crippen LogP contribution in [0.5, 0.6) is 0 Å². The van der Waals surface area contributed by atoms with Gasteiger partial charge in [0.15, 0.2) is 0 Å². The van der Waals surface area contributed by atoms with Crippen LogP contribution in [0.15, 0.2) is 48.5 Å². The molecule has 0 aliphatic carbocycles. The second kappa shape index (κ2) is 8.87. The summed E-state index contributed by atoms with van der Waals surface area (Å²) in [5.41, 5.74) is 1.88. The molecule has 1 aliphatic heterocycles. The topological polar surface area (TPSA) is 73.6 Å². The van der Waals surface area contributed by atoms with Gasteiger partial charge in [-0.05, 0) is 42.0 Å². The fourth-order valence-electron chi connectivity index (χ4n) is 3.31. The van der Waals surface area contributed by atoms with Crippen LogP contribution in [0.2, 0.25) is 5.02 Å². The molecule has 1 atom stereocenters. The van der Waals surface area contributed by atoms with Gasteiger partial charge in [-0.1, -0.05) is 23.7 Å². The Kier molecular flexibility index (Phi) is 6.30. The summed E-state index contributed by atoms with van der Waals surface area (Å²) < 4.78 is 5.00. The molecule has 2 aromatic rings. The summed E-state index contributed by atoms with van der Waals surface area (Å²) in [4.78, 5) is 28.9. The Bertz CT molecular complexity index is 883. The largest absolute Gasteiger partial charge is 0.468 e. The molecule has 2 aromatic carbocycles. The molecule has 0 aromatic heterocycles. The molecule has 0 bridgehead atoms. The molecule has 1 amide bonds. The van der Waals surface area contributed by atoms with Gasteiger partial charge in [-0.3, -0.25) is 9.69 Å². The summed E-state index contributed by atoms with van der Waals surface area (Å²) in [6, 6.07) is 15.2. The zero-order valence-electron chi connectivity index (χ0n) is 15.5. The van der Waals surface area contributed by atoms with Crippen LogP contribution >= 0.6 is 11.6 Å². The number of nitriles is 1. The summed E-state index contributed by atoms with van der Waals surface area (Å²) in [5.74, 6) is -0.417. The third-order valence-corrected chi connectivity index (χ3v) is 5.09. The van der Waals surface area contributed by atoms with Crippen LogP contribution in [0.4, 0.5) is 0 Å². The van der Waals surface area contributed by atoms with Crippen molar-refractivity contribution < 1.29 is 14.3 Å². The van der Waals surface area contributed by atoms with Gasteiger partial charge in [0.2, 0.25) is 0 Å². The van der Waals surface area contributed by atoms with E-state index >= 15 is 0 Å². The van der Waals surface area contributed by atoms with Crippen molar-refractivity contribution in [2.24, 2.45) is 0 Å². The average Bonchev–Trinajstić information content (AvgIpc) is 2.75. The molecular formula is C21H20ClN3O3. The SMILES string of the molecule is COC(=O)C(c1ccc(Cl)cc1)N1CCN(C(=O)c2ccc(C#N)cc2)CC1. The molecule has 1 heterocycles. The number of hydrogen-bond donors (Lipinski definition) is 0. The number of rotatable bonds is 4. The number of piperazine rings is 1. The van der Waals surface area contributed by atoms with E-state index in [2.05, 4.69) is 0 Å². The van der Waals surface area contributed by atoms with Crippen molar-refractivity contribution in [2.75, 3.05) is 33.3 Å². The molecule has 1 unspecified atom stereocenters. The first-order valence-electron chi connectivity index (χ1n) is 8.90. The van der Waals surface area contributed by atoms with E-state index < -0.39 is 6.04 Å². The second-order valence-electron chi connectivity index (χ2n) is 6.49. The molecule has 0 saturated carbocycles. The molecule has 1 saturated heterocycles. The summed E-state index contributed by atoms with van der Waals surface area (Å²) in [7, 11) is 1.37. The van der Waals surface area contributed by atoms with Crippen LogP contribution in [-0.2, 0) is 9.53 Å². The minimum Gasteiger partial charge on any atom is -0.468 e. The van der Waals surface area contributed by atoms with Crippen molar-refractivity contribution in [3.05, 3.63) is 70.2 Å². The number of methoxy groups -OCH3 is 1. The van der Waals surface area contributed by atoms with Gasteiger partial charge in [0, 0.05) is 36.8 Å². The number of amides is 1. The summed E-state index contributed by atoms with van der Waals surface area (Å²) in [6.45, 7) is 2.09. The molecule has 0 spiro atoms. The highest BCUT2D eigenvalue weighted by molar-refractivity contribution is 6.30. The van der Waals surface area contributed by atoms with Crippen molar-refractivity contribution in [1.82, 2.24) is 9.80 Å². The minimum absolute atomic E-state index is 0.0785. The quantitative estimate of drug-likeness (QED) is 0.741. The van der Waals surface area contributed by atoms with Crippen LogP contribution < -0.4 is 0 Å². The van der Waals surface area contributed by atoms with E-state index in [1.54, 1.807) is 41.3 Å². The Balaban J connectivity index is 1.69. The van der Waals surface area contributed by atoms with E-state index in [1.807, 2.05) is 23.1 Å². The molecule has 0 radical (unpaired) electrons. The van der Waals surface area contributed by atoms with Crippen LogP contribution in [0.1, 0.15) is 27.5 Å². The number of nitrogens with zero attached hydrogens (tertiary/aromatic N) is 3. The molecule has 6 nitrogen and oxygen atoms in total. The zero-order chi connectivity index (χ0) is 20.1. The molecule has 0 N–H and O–H groups in total. The lowest BCUT2D eigenvalue weighted by molar-refractivity contribution is -0.148. The Labute approximate surface area is 168 Å². The third kappa shape index (κ3) is 4.33. The van der Waals surface area contributed by atoms with Gasteiger partial charge in [0.25, 0.3) is 5.91 Å². The van der Waals surface area contributed by atoms with E-state index in [4.69, 9.17) is 21.6 Å². The lowest BCUT2D eigenvalue weighted by Crippen LogP contribution is -2.51. The van der Waals surface area contributed by atoms with Crippen LogP contribution in [0.25, 0.3) is 0 Å². The Morgan fingerprint density at radius 1 is 1.04 bits per heavy atom. The van der Waals surface area contributed by atoms with E-state index in [0.29, 0.717) is 42.3 Å². The van der Waals surface area contributed by atoms with Gasteiger partial charge in [-0.25, -0.2) is 4.79 Å². The molecule has 144 valence electrons. The van der Waals surface area contributed by atoms with Crippen LogP contribution in [0.3, 0.4) is 0 Å². The predicted octanol–water partition coefficient (Wildman–Crippen LogP) is 2.88. The highest BCUT2D eigenvalue weighted by Gasteiger charge is 2.32. The Hall–Kier alpha value is -2.88. The maximum atomic E-state index is 12.7. The predicted molar refractivity (Wildman–Crippen MR) is 105 cm³/mol. The number of hydrogen-bond acceptors (Lipinski definition) is 5. The van der Waals surface area contributed by atoms with Gasteiger partial charge in [0.1, 0.15) is 6.04 Å². The Morgan fingerprint density at radius 2 is 1.64 bits per heavy atom. The van der Waals surface area contributed by atoms with Crippen molar-refractivity contribution >= 4 is 23.5 Å². The highest BCUT2D eigenvalue weighted by atomic mass is 35.5. The van der Waals surface area contributed by atoms with Crippen LogP contribution in [0, 0.1) is 11.3 Å². The summed E-state index contributed by atoms with van der Waals surface area (Å²) >= 11 is 5.96. The van der Waals surface area contributed by atoms with Gasteiger partial charge in [-0.15, -0.1) is 0 Å². The fraction of sp³-hybridized carbons (Fsp3) is 0.286. The number of esters is 1. The maximum Gasteiger partial charge on any atom is 0.327 e.